The lowest BCUT2D eigenvalue weighted by Crippen LogP contribution is -2.36. The molecule has 22 heavy (non-hydrogen) atoms. The van der Waals surface area contributed by atoms with Crippen LogP contribution < -0.4 is 5.32 Å². The first kappa shape index (κ1) is 14.8. The second-order valence-corrected chi connectivity index (χ2v) is 6.29. The van der Waals surface area contributed by atoms with Gasteiger partial charge in [0.2, 0.25) is 5.91 Å². The summed E-state index contributed by atoms with van der Waals surface area (Å²) in [7, 11) is 0. The fraction of sp³-hybridized carbons (Fsp3) is 0.444. The average Bonchev–Trinajstić information content (AvgIpc) is 3.09. The number of carbonyl (C=O) groups excluding carboxylic acids is 1. The standard InChI is InChI=1S/C18H21NO3/c1-3-11-6-4-5-10(2)16(11)19-17(20)14-12-7-8-13(9-12)15(14)18(21)22/h4-8,12-15H,3,9H2,1-2H3,(H,19,20)(H,21,22)/t12-,13-,14-,15-/m0/s1. The Balaban J connectivity index is 1.86. The van der Waals surface area contributed by atoms with Gasteiger partial charge >= 0.3 is 5.97 Å². The third-order valence-corrected chi connectivity index (χ3v) is 5.04. The number of aryl methyl sites for hydroxylation is 2. The molecule has 2 bridgehead atoms. The number of rotatable bonds is 4. The van der Waals surface area contributed by atoms with Gasteiger partial charge in [0.05, 0.1) is 11.8 Å². The Kier molecular flexibility index (Phi) is 3.77. The lowest BCUT2D eigenvalue weighted by Gasteiger charge is -2.25. The highest BCUT2D eigenvalue weighted by Crippen LogP contribution is 2.48. The van der Waals surface area contributed by atoms with E-state index in [-0.39, 0.29) is 17.7 Å². The second-order valence-electron chi connectivity index (χ2n) is 6.29. The van der Waals surface area contributed by atoms with Crippen LogP contribution in [0.4, 0.5) is 5.69 Å². The fourth-order valence-corrected chi connectivity index (χ4v) is 3.92. The maximum atomic E-state index is 12.7. The second kappa shape index (κ2) is 5.59. The van der Waals surface area contributed by atoms with E-state index in [0.717, 1.165) is 29.7 Å². The van der Waals surface area contributed by atoms with Gasteiger partial charge in [-0.15, -0.1) is 0 Å². The van der Waals surface area contributed by atoms with Gasteiger partial charge in [0, 0.05) is 5.69 Å². The first-order valence-corrected chi connectivity index (χ1v) is 7.83. The molecule has 0 aliphatic heterocycles. The van der Waals surface area contributed by atoms with Gasteiger partial charge in [-0.25, -0.2) is 0 Å². The Morgan fingerprint density at radius 3 is 2.55 bits per heavy atom. The number of fused-ring (bicyclic) bond motifs is 2. The normalized spacial score (nSPS) is 28.8. The fourth-order valence-electron chi connectivity index (χ4n) is 3.92. The van der Waals surface area contributed by atoms with Gasteiger partial charge in [0.1, 0.15) is 0 Å². The van der Waals surface area contributed by atoms with Crippen molar-refractivity contribution >= 4 is 17.6 Å². The molecule has 0 unspecified atom stereocenters. The molecule has 4 atom stereocenters. The van der Waals surface area contributed by atoms with Gasteiger partial charge in [0.25, 0.3) is 0 Å². The number of anilines is 1. The predicted molar refractivity (Wildman–Crippen MR) is 84.5 cm³/mol. The summed E-state index contributed by atoms with van der Waals surface area (Å²) in [4.78, 5) is 24.3. The zero-order chi connectivity index (χ0) is 15.9. The van der Waals surface area contributed by atoms with Gasteiger partial charge in [-0.1, -0.05) is 37.3 Å². The molecule has 0 saturated heterocycles. The minimum absolute atomic E-state index is 0.000709. The van der Waals surface area contributed by atoms with Crippen LogP contribution in [0.15, 0.2) is 30.4 Å². The smallest absolute Gasteiger partial charge is 0.307 e. The van der Waals surface area contributed by atoms with Crippen molar-refractivity contribution in [1.29, 1.82) is 0 Å². The SMILES string of the molecule is CCc1cccc(C)c1NC(=O)[C@@H]1[C@@H](C(=O)O)[C@H]2C=C[C@H]1C2. The van der Waals surface area contributed by atoms with Crippen molar-refractivity contribution in [3.8, 4) is 0 Å². The average molecular weight is 299 g/mol. The van der Waals surface area contributed by atoms with Crippen LogP contribution in [0.5, 0.6) is 0 Å². The van der Waals surface area contributed by atoms with Crippen molar-refractivity contribution in [3.63, 3.8) is 0 Å². The Hall–Kier alpha value is -2.10. The highest BCUT2D eigenvalue weighted by Gasteiger charge is 2.51. The topological polar surface area (TPSA) is 66.4 Å². The molecule has 3 rings (SSSR count). The summed E-state index contributed by atoms with van der Waals surface area (Å²) in [6, 6.07) is 5.94. The van der Waals surface area contributed by atoms with Crippen LogP contribution in [-0.4, -0.2) is 17.0 Å². The van der Waals surface area contributed by atoms with E-state index in [1.54, 1.807) is 0 Å². The molecular weight excluding hydrogens is 278 g/mol. The summed E-state index contributed by atoms with van der Waals surface area (Å²) in [5, 5.41) is 12.5. The predicted octanol–water partition coefficient (Wildman–Crippen LogP) is 3.02. The monoisotopic (exact) mass is 299 g/mol. The van der Waals surface area contributed by atoms with Crippen LogP contribution in [0, 0.1) is 30.6 Å². The molecule has 2 N–H and O–H groups in total. The summed E-state index contributed by atoms with van der Waals surface area (Å²) in [6.07, 6.45) is 5.57. The first-order valence-electron chi connectivity index (χ1n) is 7.83. The molecule has 0 aromatic heterocycles. The number of para-hydroxylation sites is 1. The molecule has 1 amide bonds. The quantitative estimate of drug-likeness (QED) is 0.840. The summed E-state index contributed by atoms with van der Waals surface area (Å²) in [6.45, 7) is 4.01. The number of aliphatic carboxylic acids is 1. The van der Waals surface area contributed by atoms with E-state index in [9.17, 15) is 14.7 Å². The number of benzene rings is 1. The molecule has 0 heterocycles. The molecule has 1 saturated carbocycles. The Morgan fingerprint density at radius 2 is 1.91 bits per heavy atom. The summed E-state index contributed by atoms with van der Waals surface area (Å²) >= 11 is 0. The molecule has 1 aromatic rings. The van der Waals surface area contributed by atoms with Gasteiger partial charge < -0.3 is 10.4 Å². The molecule has 116 valence electrons. The van der Waals surface area contributed by atoms with Gasteiger partial charge in [-0.2, -0.15) is 0 Å². The summed E-state index contributed by atoms with van der Waals surface area (Å²) < 4.78 is 0. The van der Waals surface area contributed by atoms with Crippen molar-refractivity contribution in [2.24, 2.45) is 23.7 Å². The molecule has 0 spiro atoms. The van der Waals surface area contributed by atoms with Crippen LogP contribution in [0.3, 0.4) is 0 Å². The minimum atomic E-state index is -0.863. The van der Waals surface area contributed by atoms with E-state index >= 15 is 0 Å². The van der Waals surface area contributed by atoms with E-state index < -0.39 is 17.8 Å². The summed E-state index contributed by atoms with van der Waals surface area (Å²) in [5.41, 5.74) is 2.93. The van der Waals surface area contributed by atoms with Crippen molar-refractivity contribution in [3.05, 3.63) is 41.5 Å². The van der Waals surface area contributed by atoms with E-state index in [0.29, 0.717) is 0 Å². The summed E-state index contributed by atoms with van der Waals surface area (Å²) in [5.74, 6) is -2.02. The largest absolute Gasteiger partial charge is 0.481 e. The maximum Gasteiger partial charge on any atom is 0.307 e. The first-order chi connectivity index (χ1) is 10.5. The third-order valence-electron chi connectivity index (χ3n) is 5.04. The number of hydrogen-bond acceptors (Lipinski definition) is 2. The molecule has 1 aromatic carbocycles. The van der Waals surface area contributed by atoms with Crippen LogP contribution >= 0.6 is 0 Å². The van der Waals surface area contributed by atoms with Crippen molar-refractivity contribution in [2.45, 2.75) is 26.7 Å². The zero-order valence-corrected chi connectivity index (χ0v) is 12.9. The van der Waals surface area contributed by atoms with E-state index in [1.165, 1.54) is 0 Å². The van der Waals surface area contributed by atoms with Crippen LogP contribution in [0.2, 0.25) is 0 Å². The number of carboxylic acids is 1. The molecule has 0 radical (unpaired) electrons. The molecule has 2 aliphatic carbocycles. The van der Waals surface area contributed by atoms with Crippen molar-refractivity contribution < 1.29 is 14.7 Å². The number of amides is 1. The number of carbonyl (C=O) groups is 2. The highest BCUT2D eigenvalue weighted by molar-refractivity contribution is 5.97. The zero-order valence-electron chi connectivity index (χ0n) is 12.9. The maximum absolute atomic E-state index is 12.7. The minimum Gasteiger partial charge on any atom is -0.481 e. The number of nitrogens with one attached hydrogen (secondary N) is 1. The molecule has 4 nitrogen and oxygen atoms in total. The van der Waals surface area contributed by atoms with Crippen molar-refractivity contribution in [1.82, 2.24) is 0 Å². The highest BCUT2D eigenvalue weighted by atomic mass is 16.4. The lowest BCUT2D eigenvalue weighted by atomic mass is 9.82. The molecule has 4 heteroatoms. The van der Waals surface area contributed by atoms with Crippen LogP contribution in [0.1, 0.15) is 24.5 Å². The Labute approximate surface area is 130 Å². The van der Waals surface area contributed by atoms with Gasteiger partial charge in [-0.05, 0) is 42.7 Å². The van der Waals surface area contributed by atoms with Crippen LogP contribution in [0.25, 0.3) is 0 Å². The number of carboxylic acid groups (broad SMARTS) is 1. The molecule has 2 aliphatic rings. The van der Waals surface area contributed by atoms with Crippen molar-refractivity contribution in [2.75, 3.05) is 5.32 Å². The van der Waals surface area contributed by atoms with Gasteiger partial charge in [0.15, 0.2) is 0 Å². The van der Waals surface area contributed by atoms with E-state index in [4.69, 9.17) is 0 Å². The lowest BCUT2D eigenvalue weighted by molar-refractivity contribution is -0.146. The Bertz CT molecular complexity index is 650. The number of allylic oxidation sites excluding steroid dienone is 2. The van der Waals surface area contributed by atoms with Crippen LogP contribution in [-0.2, 0) is 16.0 Å². The molecule has 1 fully saturated rings. The number of hydrogen-bond donors (Lipinski definition) is 2. The van der Waals surface area contributed by atoms with E-state index in [1.807, 2.05) is 44.2 Å². The Morgan fingerprint density at radius 1 is 1.23 bits per heavy atom. The molecular formula is C18H21NO3. The van der Waals surface area contributed by atoms with E-state index in [2.05, 4.69) is 5.32 Å². The van der Waals surface area contributed by atoms with Gasteiger partial charge in [-0.3, -0.25) is 9.59 Å². The third kappa shape index (κ3) is 2.32.